The molecule has 85 heavy (non-hydrogen) atoms. The number of aryl methyl sites for hydroxylation is 2. The highest BCUT2D eigenvalue weighted by molar-refractivity contribution is 6.22. The van der Waals surface area contributed by atoms with Gasteiger partial charge in [0.25, 0.3) is 0 Å². The number of terminal acetylenes is 1. The molecule has 0 bridgehead atoms. The smallest absolute Gasteiger partial charge is 0.248 e. The number of ether oxygens (including phenoxy) is 3. The van der Waals surface area contributed by atoms with Crippen LogP contribution in [0.4, 0.5) is 0 Å². The van der Waals surface area contributed by atoms with Gasteiger partial charge in [0, 0.05) is 49.1 Å². The van der Waals surface area contributed by atoms with Gasteiger partial charge in [-0.3, -0.25) is 0 Å². The van der Waals surface area contributed by atoms with Gasteiger partial charge in [-0.05, 0) is 212 Å². The first kappa shape index (κ1) is 58.3. The van der Waals surface area contributed by atoms with Gasteiger partial charge >= 0.3 is 0 Å². The molecule has 0 radical (unpaired) electrons. The van der Waals surface area contributed by atoms with Gasteiger partial charge < -0.3 is 18.6 Å². The Morgan fingerprint density at radius 2 is 1.06 bits per heavy atom. The first-order chi connectivity index (χ1) is 41.9. The fraction of sp³-hybridized carbons (Fsp3) is 0.241. The predicted octanol–water partition coefficient (Wildman–Crippen LogP) is 22.5. The van der Waals surface area contributed by atoms with Crippen LogP contribution in [0.2, 0.25) is 0 Å². The summed E-state index contributed by atoms with van der Waals surface area (Å²) in [7, 11) is 1.68. The van der Waals surface area contributed by atoms with E-state index in [9.17, 15) is 0 Å². The minimum Gasteiger partial charge on any atom is -0.496 e. The Morgan fingerprint density at radius 1 is 0.506 bits per heavy atom. The number of aromatic nitrogens is 2. The molecule has 6 heteroatoms. The molecule has 6 nitrogen and oxygen atoms in total. The lowest BCUT2D eigenvalue weighted by molar-refractivity contribution is 0.304. The SMILES string of the molecule is C#CC#CC#CC#CC#COc1ccc2c(-c3ccc4cc(-c5cc(/C=C/C)c(OC)cc5-c5nnc(-c6ccc(C)cc6)o5)ccc4c3)c3cc(OCCCCCCCCCC)ccc3c(-c3ccc4cc(CCCCCC)ccc4c3)c2c1.[HH].[HH].[HH].[HH].[HH].[HH].[HH].[HH].[HH].[HH]. The number of benzene rings is 9. The molecule has 0 spiro atoms. The van der Waals surface area contributed by atoms with E-state index in [-0.39, 0.29) is 14.3 Å². The molecule has 9 aromatic carbocycles. The Balaban J connectivity index is 0.00000884. The molecule has 10 aromatic rings. The molecule has 0 amide bonds. The Kier molecular flexibility index (Phi) is 19.8. The standard InChI is InChI=1S/C79H70N2O4.10H2/c1-7-11-14-17-19-21-23-26-46-83-67-43-45-70-72(53-67)76(65-40-37-59-48-57(29-25-16-13-9-3)32-35-60(59)50-65)69-44-42-68(84-47-27-24-22-20-18-15-12-8-2)54-73(69)77(70)66-41-38-61-49-63(39-36-62(61)51-66)71-52-64(28-10-4)75(82-6)55-74(71)79-81-80-78(85-79)58-33-30-56(5)31-34-58;;;;;;;;;;/h1,10,28,30-45,48-55H,8-9,12-13,15-16,18,20,22,24-25,27,29,47H2,2-6H3;10*1H/b28-10+;;;;;;;;;;. The number of methoxy groups -OCH3 is 1. The summed E-state index contributed by atoms with van der Waals surface area (Å²) in [6.45, 7) is 9.25. The van der Waals surface area contributed by atoms with Gasteiger partial charge in [0.2, 0.25) is 11.8 Å². The lowest BCUT2D eigenvalue weighted by atomic mass is 9.84. The van der Waals surface area contributed by atoms with Crippen molar-refractivity contribution in [2.24, 2.45) is 0 Å². The summed E-state index contributed by atoms with van der Waals surface area (Å²) in [5.74, 6) is 23.7. The van der Waals surface area contributed by atoms with Crippen molar-refractivity contribution in [2.45, 2.75) is 111 Å². The summed E-state index contributed by atoms with van der Waals surface area (Å²) in [4.78, 5) is 0. The summed E-state index contributed by atoms with van der Waals surface area (Å²) in [5, 5.41) is 17.9. The molecule has 0 atom stereocenters. The van der Waals surface area contributed by atoms with Gasteiger partial charge in [0.05, 0.1) is 19.3 Å². The topological polar surface area (TPSA) is 66.6 Å². The van der Waals surface area contributed by atoms with Crippen molar-refractivity contribution in [1.82, 2.24) is 10.2 Å². The molecule has 0 saturated heterocycles. The third kappa shape index (κ3) is 14.3. The summed E-state index contributed by atoms with van der Waals surface area (Å²) < 4.78 is 25.2. The molecule has 0 N–H and O–H groups in total. The fourth-order valence-corrected chi connectivity index (χ4v) is 11.3. The van der Waals surface area contributed by atoms with Crippen molar-refractivity contribution in [3.8, 4) is 133 Å². The lowest BCUT2D eigenvalue weighted by Gasteiger charge is -2.20. The van der Waals surface area contributed by atoms with Crippen molar-refractivity contribution in [3.05, 3.63) is 168 Å². The second-order valence-corrected chi connectivity index (χ2v) is 21.6. The van der Waals surface area contributed by atoms with Crippen molar-refractivity contribution in [3.63, 3.8) is 0 Å². The van der Waals surface area contributed by atoms with E-state index in [1.165, 1.54) is 80.5 Å². The van der Waals surface area contributed by atoms with Crippen LogP contribution in [0.5, 0.6) is 17.2 Å². The summed E-state index contributed by atoms with van der Waals surface area (Å²) in [6, 6.07) is 52.3. The highest BCUT2D eigenvalue weighted by atomic mass is 16.5. The van der Waals surface area contributed by atoms with Gasteiger partial charge in [-0.1, -0.05) is 169 Å². The van der Waals surface area contributed by atoms with Gasteiger partial charge in [-0.25, -0.2) is 0 Å². The summed E-state index contributed by atoms with van der Waals surface area (Å²) >= 11 is 0. The molecule has 440 valence electrons. The van der Waals surface area contributed by atoms with Crippen molar-refractivity contribution >= 4 is 49.2 Å². The molecule has 0 aliphatic rings. The first-order valence-electron chi connectivity index (χ1n) is 30.0. The Bertz CT molecular complexity index is 4440. The third-order valence-corrected chi connectivity index (χ3v) is 15.6. The lowest BCUT2D eigenvalue weighted by Crippen LogP contribution is -1.98. The zero-order chi connectivity index (χ0) is 58.7. The van der Waals surface area contributed by atoms with E-state index in [1.54, 1.807) is 7.11 Å². The van der Waals surface area contributed by atoms with Gasteiger partial charge in [-0.2, -0.15) is 0 Å². The van der Waals surface area contributed by atoms with Crippen LogP contribution in [0.1, 0.15) is 129 Å². The number of unbranched alkanes of at least 4 members (excludes halogenated alkanes) is 10. The third-order valence-electron chi connectivity index (χ3n) is 15.6. The van der Waals surface area contributed by atoms with Crippen LogP contribution in [0.3, 0.4) is 0 Å². The van der Waals surface area contributed by atoms with E-state index in [0.717, 1.165) is 113 Å². The normalized spacial score (nSPS) is 10.9. The maximum absolute atomic E-state index is 6.67. The van der Waals surface area contributed by atoms with E-state index in [2.05, 4.69) is 200 Å². The quantitative estimate of drug-likeness (QED) is 0.0361. The molecular weight excluding hydrogens is 1040 g/mol. The highest BCUT2D eigenvalue weighted by Gasteiger charge is 2.22. The maximum atomic E-state index is 6.67. The molecule has 0 fully saturated rings. The number of allylic oxidation sites excluding steroid dienone is 1. The number of hydrogen-bond donors (Lipinski definition) is 0. The van der Waals surface area contributed by atoms with E-state index < -0.39 is 0 Å². The highest BCUT2D eigenvalue weighted by Crippen LogP contribution is 2.47. The Hall–Kier alpha value is -9.90. The van der Waals surface area contributed by atoms with E-state index in [1.807, 2.05) is 49.4 Å². The molecular formula is C79H90N2O4. The summed E-state index contributed by atoms with van der Waals surface area (Å²) in [5.41, 5.74) is 11.4. The van der Waals surface area contributed by atoms with E-state index >= 15 is 0 Å². The first-order valence-corrected chi connectivity index (χ1v) is 30.0. The molecule has 0 saturated carbocycles. The van der Waals surface area contributed by atoms with Crippen LogP contribution in [0.15, 0.2) is 156 Å². The van der Waals surface area contributed by atoms with Crippen LogP contribution < -0.4 is 14.2 Å². The molecule has 0 unspecified atom stereocenters. The van der Waals surface area contributed by atoms with Crippen molar-refractivity contribution in [1.29, 1.82) is 0 Å². The zero-order valence-corrected chi connectivity index (χ0v) is 49.5. The molecule has 0 aliphatic carbocycles. The van der Waals surface area contributed by atoms with Crippen LogP contribution >= 0.6 is 0 Å². The van der Waals surface area contributed by atoms with Crippen molar-refractivity contribution < 1.29 is 32.9 Å². The number of fused-ring (bicyclic) bond motifs is 4. The summed E-state index contributed by atoms with van der Waals surface area (Å²) in [6.07, 6.45) is 28.0. The molecule has 10 rings (SSSR count). The maximum Gasteiger partial charge on any atom is 0.248 e. The Labute approximate surface area is 516 Å². The van der Waals surface area contributed by atoms with Crippen LogP contribution in [0.25, 0.3) is 105 Å². The van der Waals surface area contributed by atoms with Crippen LogP contribution in [0, 0.1) is 66.8 Å². The average Bonchev–Trinajstić information content (AvgIpc) is 1.01. The Morgan fingerprint density at radius 3 is 1.72 bits per heavy atom. The monoisotopic (exact) mass is 1130 g/mol. The average molecular weight is 1130 g/mol. The molecule has 1 aromatic heterocycles. The van der Waals surface area contributed by atoms with Gasteiger partial charge in [0.15, 0.2) is 0 Å². The zero-order valence-electron chi connectivity index (χ0n) is 49.5. The molecule has 0 aliphatic heterocycles. The number of nitrogens with zero attached hydrogens (tertiary/aromatic N) is 2. The minimum atomic E-state index is 0. The van der Waals surface area contributed by atoms with Crippen molar-refractivity contribution in [2.75, 3.05) is 13.7 Å². The van der Waals surface area contributed by atoms with Crippen LogP contribution in [-0.2, 0) is 6.42 Å². The number of hydrogen-bond acceptors (Lipinski definition) is 6. The minimum absolute atomic E-state index is 0. The largest absolute Gasteiger partial charge is 0.496 e. The van der Waals surface area contributed by atoms with Gasteiger partial charge in [-0.15, -0.1) is 16.6 Å². The van der Waals surface area contributed by atoms with Crippen LogP contribution in [-0.4, -0.2) is 23.9 Å². The second kappa shape index (κ2) is 28.9. The van der Waals surface area contributed by atoms with Gasteiger partial charge in [0.1, 0.15) is 23.4 Å². The predicted molar refractivity (Wildman–Crippen MR) is 375 cm³/mol. The fourth-order valence-electron chi connectivity index (χ4n) is 11.3. The number of rotatable bonds is 23. The second-order valence-electron chi connectivity index (χ2n) is 21.6. The van der Waals surface area contributed by atoms with E-state index in [0.29, 0.717) is 29.9 Å². The van der Waals surface area contributed by atoms with E-state index in [4.69, 9.17) is 25.1 Å². The molecule has 1 heterocycles.